The Morgan fingerprint density at radius 1 is 1.58 bits per heavy atom. The monoisotopic (exact) mass is 175 g/mol. The maximum Gasteiger partial charge on any atom is 0.297 e. The van der Waals surface area contributed by atoms with Gasteiger partial charge in [-0.25, -0.2) is 13.8 Å². The second-order valence-corrected chi connectivity index (χ2v) is 2.90. The minimum Gasteiger partial charge on any atom is -0.437 e. The van der Waals surface area contributed by atoms with Crippen LogP contribution in [0.5, 0.6) is 0 Å². The number of hydrogen-bond donors (Lipinski definition) is 1. The predicted molar refractivity (Wildman–Crippen MR) is 34.6 cm³/mol. The van der Waals surface area contributed by atoms with Gasteiger partial charge in [0.15, 0.2) is 5.76 Å². The summed E-state index contributed by atoms with van der Waals surface area (Å²) in [5.74, 6) is -0.469. The van der Waals surface area contributed by atoms with E-state index in [1.165, 1.54) is 0 Å². The topological polar surface area (TPSA) is 46.3 Å². The molecular formula is C7H7F2NO2. The molecule has 0 aliphatic heterocycles. The quantitative estimate of drug-likeness (QED) is 0.742. The Hall–Kier alpha value is -0.970. The number of rotatable bonds is 2. The maximum atomic E-state index is 12.0. The van der Waals surface area contributed by atoms with Gasteiger partial charge in [0.1, 0.15) is 5.60 Å². The van der Waals surface area contributed by atoms with Gasteiger partial charge in [-0.15, -0.1) is 0 Å². The van der Waals surface area contributed by atoms with Crippen LogP contribution in [0.15, 0.2) is 10.6 Å². The largest absolute Gasteiger partial charge is 0.437 e. The predicted octanol–water partition coefficient (Wildman–Crippen LogP) is 1.59. The first kappa shape index (κ1) is 7.67. The fourth-order valence-corrected chi connectivity index (χ4v) is 0.935. The summed E-state index contributed by atoms with van der Waals surface area (Å²) in [6.07, 6.45) is -0.628. The van der Waals surface area contributed by atoms with E-state index < -0.39 is 17.8 Å². The second kappa shape index (κ2) is 2.26. The van der Waals surface area contributed by atoms with Crippen molar-refractivity contribution in [2.24, 2.45) is 0 Å². The average Bonchev–Trinajstić information content (AvgIpc) is 2.61. The van der Waals surface area contributed by atoms with Gasteiger partial charge in [0, 0.05) is 0 Å². The fraction of sp³-hybridized carbons (Fsp3) is 0.571. The van der Waals surface area contributed by atoms with Crippen molar-refractivity contribution in [2.75, 3.05) is 0 Å². The van der Waals surface area contributed by atoms with Crippen LogP contribution < -0.4 is 0 Å². The van der Waals surface area contributed by atoms with Crippen molar-refractivity contribution in [3.63, 3.8) is 0 Å². The Bertz CT molecular complexity index is 293. The molecule has 0 spiro atoms. The van der Waals surface area contributed by atoms with Gasteiger partial charge in [0.05, 0.1) is 6.20 Å². The Morgan fingerprint density at radius 2 is 2.25 bits per heavy atom. The van der Waals surface area contributed by atoms with Crippen molar-refractivity contribution < 1.29 is 18.3 Å². The highest BCUT2D eigenvalue weighted by molar-refractivity contribution is 5.10. The van der Waals surface area contributed by atoms with E-state index in [0.717, 1.165) is 6.20 Å². The van der Waals surface area contributed by atoms with Crippen LogP contribution in [0.3, 0.4) is 0 Å². The molecule has 66 valence electrons. The van der Waals surface area contributed by atoms with Crippen LogP contribution in [0.1, 0.15) is 30.9 Å². The Balaban J connectivity index is 2.25. The summed E-state index contributed by atoms with van der Waals surface area (Å²) >= 11 is 0. The third kappa shape index (κ3) is 1.10. The van der Waals surface area contributed by atoms with Gasteiger partial charge in [-0.1, -0.05) is 0 Å². The first-order valence-electron chi connectivity index (χ1n) is 3.58. The average molecular weight is 175 g/mol. The molecule has 1 aromatic rings. The zero-order valence-electron chi connectivity index (χ0n) is 6.13. The van der Waals surface area contributed by atoms with E-state index in [2.05, 4.69) is 9.40 Å². The number of aromatic nitrogens is 1. The first-order valence-corrected chi connectivity index (χ1v) is 3.58. The fourth-order valence-electron chi connectivity index (χ4n) is 0.935. The molecule has 1 heterocycles. The molecule has 3 nitrogen and oxygen atoms in total. The van der Waals surface area contributed by atoms with Crippen LogP contribution in [0.25, 0.3) is 0 Å². The van der Waals surface area contributed by atoms with E-state index in [0.29, 0.717) is 12.8 Å². The first-order chi connectivity index (χ1) is 5.62. The van der Waals surface area contributed by atoms with E-state index in [4.69, 9.17) is 0 Å². The van der Waals surface area contributed by atoms with E-state index in [1.54, 1.807) is 0 Å². The number of nitrogens with zero attached hydrogens (tertiary/aromatic N) is 1. The zero-order chi connectivity index (χ0) is 8.77. The van der Waals surface area contributed by atoms with Gasteiger partial charge in [0.2, 0.25) is 5.89 Å². The maximum absolute atomic E-state index is 12.0. The summed E-state index contributed by atoms with van der Waals surface area (Å²) in [6, 6.07) is 0. The molecule has 0 aromatic carbocycles. The lowest BCUT2D eigenvalue weighted by molar-refractivity contribution is 0.0904. The lowest BCUT2D eigenvalue weighted by Crippen LogP contribution is -2.03. The van der Waals surface area contributed by atoms with E-state index in [9.17, 15) is 13.9 Å². The normalized spacial score (nSPS) is 20.0. The molecule has 0 amide bonds. The van der Waals surface area contributed by atoms with Crippen molar-refractivity contribution >= 4 is 0 Å². The van der Waals surface area contributed by atoms with Crippen LogP contribution >= 0.6 is 0 Å². The highest BCUT2D eigenvalue weighted by Crippen LogP contribution is 2.45. The van der Waals surface area contributed by atoms with Crippen LogP contribution in [-0.2, 0) is 5.60 Å². The van der Waals surface area contributed by atoms with Gasteiger partial charge in [-0.05, 0) is 12.8 Å². The molecule has 0 bridgehead atoms. The molecule has 1 aliphatic carbocycles. The smallest absolute Gasteiger partial charge is 0.297 e. The molecule has 0 unspecified atom stereocenters. The number of oxazole rings is 1. The Labute approximate surface area is 67.0 Å². The van der Waals surface area contributed by atoms with Crippen molar-refractivity contribution in [1.29, 1.82) is 0 Å². The number of hydrogen-bond acceptors (Lipinski definition) is 3. The highest BCUT2D eigenvalue weighted by atomic mass is 19.3. The summed E-state index contributed by atoms with van der Waals surface area (Å²) < 4.78 is 28.6. The van der Waals surface area contributed by atoms with E-state index >= 15 is 0 Å². The second-order valence-electron chi connectivity index (χ2n) is 2.90. The summed E-state index contributed by atoms with van der Waals surface area (Å²) in [6.45, 7) is 0. The Kier molecular flexibility index (Phi) is 1.44. The van der Waals surface area contributed by atoms with Gasteiger partial charge in [-0.3, -0.25) is 0 Å². The standard InChI is InChI=1S/C7H7F2NO2/c8-5(9)4-3-10-6(12-4)7(11)1-2-7/h3,5,11H,1-2H2. The third-order valence-corrected chi connectivity index (χ3v) is 1.86. The molecule has 1 fully saturated rings. The van der Waals surface area contributed by atoms with Gasteiger partial charge in [0.25, 0.3) is 6.43 Å². The molecule has 2 rings (SSSR count). The van der Waals surface area contributed by atoms with Crippen molar-refractivity contribution in [3.8, 4) is 0 Å². The highest BCUT2D eigenvalue weighted by Gasteiger charge is 2.47. The van der Waals surface area contributed by atoms with Crippen molar-refractivity contribution in [3.05, 3.63) is 17.8 Å². The minimum atomic E-state index is -2.66. The summed E-state index contributed by atoms with van der Waals surface area (Å²) in [7, 11) is 0. The summed E-state index contributed by atoms with van der Waals surface area (Å²) in [5, 5.41) is 9.39. The van der Waals surface area contributed by atoms with Crippen LogP contribution in [0, 0.1) is 0 Å². The molecule has 0 saturated heterocycles. The molecule has 1 aromatic heterocycles. The molecule has 1 N–H and O–H groups in total. The zero-order valence-corrected chi connectivity index (χ0v) is 6.13. The summed E-state index contributed by atoms with van der Waals surface area (Å²) in [5.41, 5.74) is -1.06. The molecular weight excluding hydrogens is 168 g/mol. The summed E-state index contributed by atoms with van der Waals surface area (Å²) in [4.78, 5) is 3.57. The van der Waals surface area contributed by atoms with Gasteiger partial charge < -0.3 is 9.52 Å². The molecule has 1 aliphatic rings. The van der Waals surface area contributed by atoms with Crippen molar-refractivity contribution in [1.82, 2.24) is 4.98 Å². The lowest BCUT2D eigenvalue weighted by atomic mass is 10.3. The number of aliphatic hydroxyl groups is 1. The van der Waals surface area contributed by atoms with Crippen LogP contribution in [0.2, 0.25) is 0 Å². The van der Waals surface area contributed by atoms with Crippen molar-refractivity contribution in [2.45, 2.75) is 24.9 Å². The van der Waals surface area contributed by atoms with Crippen LogP contribution in [0.4, 0.5) is 8.78 Å². The third-order valence-electron chi connectivity index (χ3n) is 1.86. The number of alkyl halides is 2. The molecule has 12 heavy (non-hydrogen) atoms. The lowest BCUT2D eigenvalue weighted by Gasteiger charge is -1.99. The SMILES string of the molecule is OC1(c2ncc(C(F)F)o2)CC1. The van der Waals surface area contributed by atoms with Crippen LogP contribution in [-0.4, -0.2) is 10.1 Å². The van der Waals surface area contributed by atoms with E-state index in [1.807, 2.05) is 0 Å². The number of halogens is 2. The van der Waals surface area contributed by atoms with Gasteiger partial charge in [-0.2, -0.15) is 0 Å². The molecule has 1 saturated carbocycles. The molecule has 0 radical (unpaired) electrons. The van der Waals surface area contributed by atoms with Gasteiger partial charge >= 0.3 is 0 Å². The Morgan fingerprint density at radius 3 is 2.67 bits per heavy atom. The molecule has 5 heteroatoms. The minimum absolute atomic E-state index is 0.0119. The van der Waals surface area contributed by atoms with E-state index in [-0.39, 0.29) is 5.89 Å². The molecule has 0 atom stereocenters.